The zero-order valence-corrected chi connectivity index (χ0v) is 22.1. The monoisotopic (exact) mass is 518 g/mol. The maximum Gasteiger partial charge on any atom is 0.247 e. The van der Waals surface area contributed by atoms with Crippen LogP contribution < -0.4 is 20.3 Å². The lowest BCUT2D eigenvalue weighted by Gasteiger charge is -2.24. The van der Waals surface area contributed by atoms with Crippen molar-refractivity contribution in [2.45, 2.75) is 0 Å². The fourth-order valence-electron chi connectivity index (χ4n) is 4.01. The first-order valence-corrected chi connectivity index (χ1v) is 11.9. The normalized spacial score (nSPS) is 11.0. The van der Waals surface area contributed by atoms with Crippen LogP contribution in [0.2, 0.25) is 0 Å². The summed E-state index contributed by atoms with van der Waals surface area (Å²) in [5.74, 6) is 0.432. The van der Waals surface area contributed by atoms with Gasteiger partial charge in [-0.05, 0) is 50.5 Å². The number of fused-ring (bicyclic) bond motifs is 1. The van der Waals surface area contributed by atoms with E-state index in [1.807, 2.05) is 43.9 Å². The number of rotatable bonds is 10. The fraction of sp³-hybridized carbons (Fsp3) is 0.259. The van der Waals surface area contributed by atoms with Crippen LogP contribution in [0.4, 0.5) is 27.5 Å². The number of nitrogens with zero attached hydrogens (tertiary/aromatic N) is 6. The highest BCUT2D eigenvalue weighted by molar-refractivity contribution is 6.01. The lowest BCUT2D eigenvalue weighted by molar-refractivity contribution is -0.111. The number of likely N-dealkylation sites (N-methyl/N-ethyl adjacent to an activating group) is 2. The number of hydrogen-bond acceptors (Lipinski definition) is 8. The number of nitrogens with one attached hydrogen (secondary N) is 2. The Hall–Kier alpha value is -4.51. The molecule has 38 heavy (non-hydrogen) atoms. The van der Waals surface area contributed by atoms with Crippen molar-refractivity contribution >= 4 is 40.0 Å². The van der Waals surface area contributed by atoms with E-state index in [4.69, 9.17) is 4.74 Å². The molecule has 4 aromatic rings. The second-order valence-electron chi connectivity index (χ2n) is 9.04. The summed E-state index contributed by atoms with van der Waals surface area (Å²) in [4.78, 5) is 29.8. The molecule has 2 N–H and O–H groups in total. The Bertz CT molecular complexity index is 1480. The Morgan fingerprint density at radius 1 is 1.16 bits per heavy atom. The SMILES string of the molecule is C=CC(=O)Nc1cc(Nc2nccc(-c3cn(C)c4ccc(F)cc34)n2)c(OC)nc1N(C)CCN(C)C. The third-order valence-corrected chi connectivity index (χ3v) is 5.98. The number of carbonyl (C=O) groups excluding carboxylic acids is 1. The van der Waals surface area contributed by atoms with Crippen LogP contribution in [0.1, 0.15) is 0 Å². The van der Waals surface area contributed by atoms with Crippen molar-refractivity contribution in [1.29, 1.82) is 0 Å². The van der Waals surface area contributed by atoms with Crippen LogP contribution in [-0.4, -0.2) is 71.7 Å². The molecule has 0 aliphatic carbocycles. The van der Waals surface area contributed by atoms with Crippen molar-refractivity contribution in [3.8, 4) is 17.1 Å². The van der Waals surface area contributed by atoms with Gasteiger partial charge in [0, 0.05) is 56.0 Å². The molecule has 0 aliphatic rings. The van der Waals surface area contributed by atoms with Gasteiger partial charge in [0.15, 0.2) is 5.82 Å². The number of benzene rings is 1. The highest BCUT2D eigenvalue weighted by Gasteiger charge is 2.19. The third-order valence-electron chi connectivity index (χ3n) is 5.98. The van der Waals surface area contributed by atoms with Crippen LogP contribution >= 0.6 is 0 Å². The number of amides is 1. The van der Waals surface area contributed by atoms with Gasteiger partial charge >= 0.3 is 0 Å². The number of anilines is 4. The van der Waals surface area contributed by atoms with Gasteiger partial charge in [-0.15, -0.1) is 0 Å². The molecule has 4 rings (SSSR count). The topological polar surface area (TPSA) is 100 Å². The van der Waals surface area contributed by atoms with Gasteiger partial charge in [0.25, 0.3) is 0 Å². The van der Waals surface area contributed by atoms with Crippen molar-refractivity contribution in [3.05, 3.63) is 61.2 Å². The molecular formula is C27H31FN8O2. The molecule has 0 unspecified atom stereocenters. The summed E-state index contributed by atoms with van der Waals surface area (Å²) >= 11 is 0. The smallest absolute Gasteiger partial charge is 0.247 e. The zero-order valence-electron chi connectivity index (χ0n) is 22.1. The Labute approximate surface area is 220 Å². The minimum Gasteiger partial charge on any atom is -0.479 e. The summed E-state index contributed by atoms with van der Waals surface area (Å²) in [7, 11) is 9.27. The van der Waals surface area contributed by atoms with Crippen molar-refractivity contribution in [2.75, 3.05) is 56.9 Å². The van der Waals surface area contributed by atoms with Gasteiger partial charge in [-0.3, -0.25) is 4.79 Å². The second-order valence-corrected chi connectivity index (χ2v) is 9.04. The van der Waals surface area contributed by atoms with Crippen molar-refractivity contribution in [3.63, 3.8) is 0 Å². The van der Waals surface area contributed by atoms with Crippen molar-refractivity contribution in [1.82, 2.24) is 24.4 Å². The molecule has 3 aromatic heterocycles. The van der Waals surface area contributed by atoms with E-state index in [1.54, 1.807) is 24.4 Å². The predicted octanol–water partition coefficient (Wildman–Crippen LogP) is 4.04. The number of aryl methyl sites for hydroxylation is 1. The Morgan fingerprint density at radius 3 is 2.66 bits per heavy atom. The molecule has 0 fully saturated rings. The lowest BCUT2D eigenvalue weighted by Crippen LogP contribution is -2.30. The lowest BCUT2D eigenvalue weighted by atomic mass is 10.1. The first kappa shape index (κ1) is 26.6. The molecule has 10 nitrogen and oxygen atoms in total. The third kappa shape index (κ3) is 5.73. The number of aromatic nitrogens is 4. The van der Waals surface area contributed by atoms with Crippen molar-refractivity contribution < 1.29 is 13.9 Å². The predicted molar refractivity (Wildman–Crippen MR) is 149 cm³/mol. The van der Waals surface area contributed by atoms with Gasteiger partial charge in [0.2, 0.25) is 17.7 Å². The highest BCUT2D eigenvalue weighted by atomic mass is 19.1. The molecule has 0 saturated heterocycles. The molecule has 0 atom stereocenters. The first-order chi connectivity index (χ1) is 18.2. The van der Waals surface area contributed by atoms with Crippen LogP contribution in [0.5, 0.6) is 5.88 Å². The number of ether oxygens (including phenoxy) is 1. The summed E-state index contributed by atoms with van der Waals surface area (Å²) in [6.45, 7) is 5.00. The Balaban J connectivity index is 1.72. The van der Waals surface area contributed by atoms with E-state index in [-0.39, 0.29) is 17.7 Å². The largest absolute Gasteiger partial charge is 0.479 e. The number of pyridine rings is 1. The molecule has 1 aromatic carbocycles. The average Bonchev–Trinajstić information content (AvgIpc) is 3.22. The minimum absolute atomic E-state index is 0.283. The van der Waals surface area contributed by atoms with Gasteiger partial charge in [-0.25, -0.2) is 14.4 Å². The number of hydrogen-bond donors (Lipinski definition) is 2. The second kappa shape index (κ2) is 11.3. The average molecular weight is 519 g/mol. The van der Waals surface area contributed by atoms with E-state index < -0.39 is 0 Å². The fourth-order valence-corrected chi connectivity index (χ4v) is 4.01. The molecular weight excluding hydrogens is 487 g/mol. The molecule has 198 valence electrons. The summed E-state index contributed by atoms with van der Waals surface area (Å²) in [6.07, 6.45) is 4.71. The van der Waals surface area contributed by atoms with E-state index in [0.29, 0.717) is 35.3 Å². The van der Waals surface area contributed by atoms with E-state index in [2.05, 4.69) is 37.1 Å². The zero-order chi connectivity index (χ0) is 27.4. The quantitative estimate of drug-likeness (QED) is 0.304. The molecule has 3 heterocycles. The maximum absolute atomic E-state index is 14.0. The minimum atomic E-state index is -0.369. The van der Waals surface area contributed by atoms with Crippen LogP contribution in [0.3, 0.4) is 0 Å². The van der Waals surface area contributed by atoms with Gasteiger partial charge in [0.1, 0.15) is 11.5 Å². The summed E-state index contributed by atoms with van der Waals surface area (Å²) in [5, 5.41) is 6.72. The van der Waals surface area contributed by atoms with E-state index in [0.717, 1.165) is 23.0 Å². The van der Waals surface area contributed by atoms with Gasteiger partial charge in [0.05, 0.1) is 18.5 Å². The summed E-state index contributed by atoms with van der Waals surface area (Å²) in [6, 6.07) is 8.15. The van der Waals surface area contributed by atoms with Crippen LogP contribution in [0.25, 0.3) is 22.2 Å². The van der Waals surface area contributed by atoms with E-state index >= 15 is 0 Å². The first-order valence-electron chi connectivity index (χ1n) is 11.9. The van der Waals surface area contributed by atoms with Crippen molar-refractivity contribution in [2.24, 2.45) is 7.05 Å². The molecule has 0 spiro atoms. The summed E-state index contributed by atoms with van der Waals surface area (Å²) < 4.78 is 21.5. The molecule has 1 amide bonds. The molecule has 0 radical (unpaired) electrons. The maximum atomic E-state index is 14.0. The van der Waals surface area contributed by atoms with E-state index in [1.165, 1.54) is 25.3 Å². The van der Waals surface area contributed by atoms with Crippen LogP contribution in [-0.2, 0) is 11.8 Å². The Kier molecular flexibility index (Phi) is 7.87. The standard InChI is InChI=1S/C27H31FN8O2/c1-7-24(37)30-21-15-22(26(38-6)33-25(21)35(4)13-12-34(2)3)32-27-29-11-10-20(31-27)19-16-36(5)23-9-8-17(28)14-18(19)23/h7-11,14-16H,1,12-13H2,2-6H3,(H,30,37)(H,29,31,32). The summed E-state index contributed by atoms with van der Waals surface area (Å²) in [5.41, 5.74) is 3.20. The number of halogens is 1. The van der Waals surface area contributed by atoms with Crippen LogP contribution in [0, 0.1) is 5.82 Å². The van der Waals surface area contributed by atoms with Gasteiger partial charge in [-0.1, -0.05) is 6.58 Å². The number of methoxy groups -OCH3 is 1. The molecule has 11 heteroatoms. The Morgan fingerprint density at radius 2 is 1.95 bits per heavy atom. The van der Waals surface area contributed by atoms with Crippen LogP contribution in [0.15, 0.2) is 55.4 Å². The highest BCUT2D eigenvalue weighted by Crippen LogP contribution is 2.35. The molecule has 0 saturated carbocycles. The van der Waals surface area contributed by atoms with Gasteiger partial charge in [-0.2, -0.15) is 4.98 Å². The van der Waals surface area contributed by atoms with E-state index in [9.17, 15) is 9.18 Å². The molecule has 0 aliphatic heterocycles. The number of carbonyl (C=O) groups is 1. The van der Waals surface area contributed by atoms with Gasteiger partial charge < -0.3 is 29.7 Å². The molecule has 0 bridgehead atoms.